The molecule has 1 aromatic heterocycles. The van der Waals surface area contributed by atoms with Crippen molar-refractivity contribution in [2.24, 2.45) is 5.92 Å². The topological polar surface area (TPSA) is 68.7 Å². The Bertz CT molecular complexity index is 570. The molecule has 0 unspecified atom stereocenters. The first kappa shape index (κ1) is 18.2. The van der Waals surface area contributed by atoms with Crippen LogP contribution in [0.5, 0.6) is 5.88 Å². The van der Waals surface area contributed by atoms with Crippen LogP contribution in [0.4, 0.5) is 4.79 Å². The van der Waals surface area contributed by atoms with E-state index in [4.69, 9.17) is 9.47 Å². The van der Waals surface area contributed by atoms with Gasteiger partial charge in [-0.25, -0.2) is 9.78 Å². The fraction of sp³-hybridized carbons (Fsp3) is 0.611. The maximum atomic E-state index is 12.3. The molecule has 1 amide bonds. The summed E-state index contributed by atoms with van der Waals surface area (Å²) >= 11 is 0. The van der Waals surface area contributed by atoms with Crippen molar-refractivity contribution in [1.29, 1.82) is 0 Å². The second-order valence-corrected chi connectivity index (χ2v) is 7.13. The molecule has 132 valence electrons. The molecule has 1 fully saturated rings. The molecule has 0 saturated carbocycles. The normalized spacial score (nSPS) is 15.9. The summed E-state index contributed by atoms with van der Waals surface area (Å²) in [5.41, 5.74) is 0.121. The van der Waals surface area contributed by atoms with Crippen molar-refractivity contribution in [1.82, 2.24) is 9.88 Å². The summed E-state index contributed by atoms with van der Waals surface area (Å²) in [4.78, 5) is 30.2. The molecular formula is C18H26N2O4. The first-order chi connectivity index (χ1) is 11.3. The maximum Gasteiger partial charge on any atom is 0.410 e. The molecule has 1 aliphatic heterocycles. The van der Waals surface area contributed by atoms with Crippen LogP contribution in [0, 0.1) is 5.92 Å². The van der Waals surface area contributed by atoms with Crippen LogP contribution in [0.3, 0.4) is 0 Å². The Labute approximate surface area is 143 Å². The molecule has 0 N–H and O–H groups in total. The number of Topliss-reactive ketones (excluding diaryl/α,β-unsaturated/α-hetero) is 1. The first-order valence-electron chi connectivity index (χ1n) is 8.29. The van der Waals surface area contributed by atoms with Gasteiger partial charge in [0.05, 0.1) is 7.11 Å². The number of aromatic nitrogens is 1. The fourth-order valence-corrected chi connectivity index (χ4v) is 2.69. The van der Waals surface area contributed by atoms with E-state index in [1.54, 1.807) is 30.3 Å². The highest BCUT2D eigenvalue weighted by Gasteiger charge is 2.28. The Morgan fingerprint density at radius 2 is 1.92 bits per heavy atom. The van der Waals surface area contributed by atoms with Gasteiger partial charge in [-0.2, -0.15) is 0 Å². The highest BCUT2D eigenvalue weighted by molar-refractivity contribution is 5.95. The lowest BCUT2D eigenvalue weighted by atomic mass is 9.90. The third-order valence-electron chi connectivity index (χ3n) is 4.01. The Balaban J connectivity index is 1.82. The zero-order chi connectivity index (χ0) is 17.7. The van der Waals surface area contributed by atoms with Crippen LogP contribution in [0.15, 0.2) is 18.3 Å². The zero-order valence-corrected chi connectivity index (χ0v) is 14.9. The van der Waals surface area contributed by atoms with Gasteiger partial charge in [0.1, 0.15) is 5.60 Å². The number of carbonyl (C=O) groups is 2. The number of amides is 1. The predicted molar refractivity (Wildman–Crippen MR) is 90.3 cm³/mol. The minimum atomic E-state index is -0.481. The van der Waals surface area contributed by atoms with Gasteiger partial charge in [-0.3, -0.25) is 4.79 Å². The average molecular weight is 334 g/mol. The molecule has 6 nitrogen and oxygen atoms in total. The molecule has 0 aliphatic carbocycles. The minimum absolute atomic E-state index is 0.0841. The van der Waals surface area contributed by atoms with E-state index in [0.717, 1.165) is 12.8 Å². The molecular weight excluding hydrogens is 308 g/mol. The third kappa shape index (κ3) is 5.22. The van der Waals surface area contributed by atoms with E-state index in [0.29, 0.717) is 36.9 Å². The van der Waals surface area contributed by atoms with E-state index < -0.39 is 5.60 Å². The number of ketones is 1. The lowest BCUT2D eigenvalue weighted by Crippen LogP contribution is -2.42. The monoisotopic (exact) mass is 334 g/mol. The Morgan fingerprint density at radius 3 is 2.42 bits per heavy atom. The lowest BCUT2D eigenvalue weighted by Gasteiger charge is -2.33. The van der Waals surface area contributed by atoms with Crippen LogP contribution < -0.4 is 4.74 Å². The van der Waals surface area contributed by atoms with Crippen molar-refractivity contribution in [3.8, 4) is 5.88 Å². The highest BCUT2D eigenvalue weighted by Crippen LogP contribution is 2.24. The number of rotatable bonds is 4. The average Bonchev–Trinajstić information content (AvgIpc) is 2.54. The smallest absolute Gasteiger partial charge is 0.410 e. The van der Waals surface area contributed by atoms with Crippen LogP contribution >= 0.6 is 0 Å². The number of hydrogen-bond acceptors (Lipinski definition) is 5. The Hall–Kier alpha value is -2.11. The van der Waals surface area contributed by atoms with Crippen LogP contribution in [0.25, 0.3) is 0 Å². The molecule has 0 bridgehead atoms. The minimum Gasteiger partial charge on any atom is -0.481 e. The van der Waals surface area contributed by atoms with Gasteiger partial charge in [-0.05, 0) is 45.6 Å². The second kappa shape index (κ2) is 7.64. The van der Waals surface area contributed by atoms with Gasteiger partial charge >= 0.3 is 6.09 Å². The van der Waals surface area contributed by atoms with Gasteiger partial charge in [-0.1, -0.05) is 0 Å². The summed E-state index contributed by atoms with van der Waals surface area (Å²) in [6.07, 6.45) is 3.39. The van der Waals surface area contributed by atoms with Gasteiger partial charge in [-0.15, -0.1) is 0 Å². The molecule has 0 atom stereocenters. The zero-order valence-electron chi connectivity index (χ0n) is 14.9. The largest absolute Gasteiger partial charge is 0.481 e. The van der Waals surface area contributed by atoms with Crippen molar-refractivity contribution in [3.63, 3.8) is 0 Å². The van der Waals surface area contributed by atoms with Crippen molar-refractivity contribution in [3.05, 3.63) is 23.9 Å². The quantitative estimate of drug-likeness (QED) is 0.790. The number of hydrogen-bond donors (Lipinski definition) is 0. The Kier molecular flexibility index (Phi) is 5.80. The molecule has 0 radical (unpaired) electrons. The standard InChI is InChI=1S/C18H26N2O4/c1-18(2,3)24-17(22)20-9-7-13(8-10-20)11-15(21)14-5-6-16(23-4)19-12-14/h5-6,12-13H,7-11H2,1-4H3. The van der Waals surface area contributed by atoms with E-state index in [2.05, 4.69) is 4.98 Å². The van der Waals surface area contributed by atoms with Gasteiger partial charge in [0, 0.05) is 37.3 Å². The van der Waals surface area contributed by atoms with Gasteiger partial charge < -0.3 is 14.4 Å². The molecule has 2 heterocycles. The van der Waals surface area contributed by atoms with Crippen molar-refractivity contribution >= 4 is 11.9 Å². The van der Waals surface area contributed by atoms with Crippen molar-refractivity contribution in [2.45, 2.75) is 45.6 Å². The van der Waals surface area contributed by atoms with E-state index in [1.807, 2.05) is 20.8 Å². The molecule has 0 aromatic carbocycles. The SMILES string of the molecule is COc1ccc(C(=O)CC2CCN(C(=O)OC(C)(C)C)CC2)cn1. The molecule has 24 heavy (non-hydrogen) atoms. The van der Waals surface area contributed by atoms with E-state index in [-0.39, 0.29) is 11.9 Å². The number of carbonyl (C=O) groups excluding carboxylic acids is 2. The van der Waals surface area contributed by atoms with Crippen molar-refractivity contribution in [2.75, 3.05) is 20.2 Å². The number of nitrogens with zero attached hydrogens (tertiary/aromatic N) is 2. The number of methoxy groups -OCH3 is 1. The summed E-state index contributed by atoms with van der Waals surface area (Å²) in [6, 6.07) is 3.43. The second-order valence-electron chi connectivity index (χ2n) is 7.13. The first-order valence-corrected chi connectivity index (χ1v) is 8.29. The lowest BCUT2D eigenvalue weighted by molar-refractivity contribution is 0.0183. The van der Waals surface area contributed by atoms with Crippen LogP contribution in [-0.2, 0) is 4.74 Å². The van der Waals surface area contributed by atoms with E-state index in [1.165, 1.54) is 0 Å². The van der Waals surface area contributed by atoms with Gasteiger partial charge in [0.15, 0.2) is 5.78 Å². The van der Waals surface area contributed by atoms with Crippen LogP contribution in [0.2, 0.25) is 0 Å². The number of likely N-dealkylation sites (tertiary alicyclic amines) is 1. The van der Waals surface area contributed by atoms with Crippen LogP contribution in [0.1, 0.15) is 50.4 Å². The van der Waals surface area contributed by atoms with Crippen molar-refractivity contribution < 1.29 is 19.1 Å². The molecule has 2 rings (SSSR count). The summed E-state index contributed by atoms with van der Waals surface area (Å²) in [5.74, 6) is 0.872. The van der Waals surface area contributed by atoms with E-state index in [9.17, 15) is 9.59 Å². The molecule has 1 aromatic rings. The molecule has 0 spiro atoms. The van der Waals surface area contributed by atoms with Gasteiger partial charge in [0.25, 0.3) is 0 Å². The number of ether oxygens (including phenoxy) is 2. The number of pyridine rings is 1. The maximum absolute atomic E-state index is 12.3. The van der Waals surface area contributed by atoms with Gasteiger partial charge in [0.2, 0.25) is 5.88 Å². The Morgan fingerprint density at radius 1 is 1.25 bits per heavy atom. The predicted octanol–water partition coefficient (Wildman–Crippen LogP) is 3.31. The van der Waals surface area contributed by atoms with E-state index >= 15 is 0 Å². The summed E-state index contributed by atoms with van der Waals surface area (Å²) in [5, 5.41) is 0. The third-order valence-corrected chi connectivity index (χ3v) is 4.01. The van der Waals surface area contributed by atoms with Crippen LogP contribution in [-0.4, -0.2) is 47.6 Å². The highest BCUT2D eigenvalue weighted by atomic mass is 16.6. The fourth-order valence-electron chi connectivity index (χ4n) is 2.69. The molecule has 6 heteroatoms. The molecule has 1 aliphatic rings. The molecule has 1 saturated heterocycles. The summed E-state index contributed by atoms with van der Waals surface area (Å²) in [6.45, 7) is 6.85. The summed E-state index contributed by atoms with van der Waals surface area (Å²) < 4.78 is 10.4. The number of piperidine rings is 1. The summed E-state index contributed by atoms with van der Waals surface area (Å²) in [7, 11) is 1.54.